The van der Waals surface area contributed by atoms with Crippen LogP contribution in [0.15, 0.2) is 23.1 Å². The van der Waals surface area contributed by atoms with E-state index in [4.69, 9.17) is 14.2 Å². The molecule has 1 aromatic rings. The Bertz CT molecular complexity index is 671. The number of sulfonamides is 1. The van der Waals surface area contributed by atoms with E-state index < -0.39 is 21.9 Å². The van der Waals surface area contributed by atoms with E-state index in [0.29, 0.717) is 24.7 Å². The van der Waals surface area contributed by atoms with Crippen molar-refractivity contribution in [3.05, 3.63) is 18.2 Å². The smallest absolute Gasteiger partial charge is 0.310 e. The van der Waals surface area contributed by atoms with Gasteiger partial charge in [-0.05, 0) is 26.0 Å². The summed E-state index contributed by atoms with van der Waals surface area (Å²) in [7, 11) is -3.74. The van der Waals surface area contributed by atoms with Gasteiger partial charge < -0.3 is 14.2 Å². The molecule has 1 aromatic carbocycles. The Labute approximate surface area is 136 Å². The van der Waals surface area contributed by atoms with E-state index in [-0.39, 0.29) is 17.5 Å². The molecule has 0 saturated heterocycles. The fourth-order valence-electron chi connectivity index (χ4n) is 1.94. The predicted molar refractivity (Wildman–Crippen MR) is 83.0 cm³/mol. The molecule has 0 aromatic heterocycles. The summed E-state index contributed by atoms with van der Waals surface area (Å²) >= 11 is 0. The summed E-state index contributed by atoms with van der Waals surface area (Å²) in [5.74, 6) is -0.107. The van der Waals surface area contributed by atoms with Gasteiger partial charge in [0.15, 0.2) is 11.5 Å². The summed E-state index contributed by atoms with van der Waals surface area (Å²) < 4.78 is 42.8. The number of esters is 1. The molecule has 1 heterocycles. The summed E-state index contributed by atoms with van der Waals surface area (Å²) in [6.07, 6.45) is -0.237. The van der Waals surface area contributed by atoms with Gasteiger partial charge in [-0.25, -0.2) is 13.1 Å². The Kier molecular flexibility index (Phi) is 5.48. The lowest BCUT2D eigenvalue weighted by Crippen LogP contribution is -2.33. The molecule has 2 rings (SSSR count). The number of carbonyl (C=O) groups is 1. The molecule has 23 heavy (non-hydrogen) atoms. The van der Waals surface area contributed by atoms with Gasteiger partial charge >= 0.3 is 5.97 Å². The van der Waals surface area contributed by atoms with Crippen LogP contribution in [0.2, 0.25) is 0 Å². The molecule has 0 aliphatic carbocycles. The molecule has 1 aliphatic rings. The van der Waals surface area contributed by atoms with Gasteiger partial charge in [0.05, 0.1) is 16.9 Å². The van der Waals surface area contributed by atoms with Crippen molar-refractivity contribution in [2.24, 2.45) is 5.92 Å². The SMILES string of the molecule is CC(C)OC(=O)[C@@H](C)CNS(=O)(=O)c1ccc2c(c1)OCCO2. The first kappa shape index (κ1) is 17.6. The average Bonchev–Trinajstić information content (AvgIpc) is 2.51. The molecule has 0 saturated carbocycles. The van der Waals surface area contributed by atoms with E-state index in [2.05, 4.69) is 4.72 Å². The number of rotatable bonds is 6. The number of hydrogen-bond donors (Lipinski definition) is 1. The molecule has 0 radical (unpaired) electrons. The van der Waals surface area contributed by atoms with Crippen molar-refractivity contribution in [3.63, 3.8) is 0 Å². The van der Waals surface area contributed by atoms with Crippen molar-refractivity contribution in [1.82, 2.24) is 4.72 Å². The fraction of sp³-hybridized carbons (Fsp3) is 0.533. The third-order valence-corrected chi connectivity index (χ3v) is 4.58. The highest BCUT2D eigenvalue weighted by atomic mass is 32.2. The zero-order chi connectivity index (χ0) is 17.0. The van der Waals surface area contributed by atoms with Crippen LogP contribution in [-0.2, 0) is 19.6 Å². The lowest BCUT2D eigenvalue weighted by atomic mass is 10.2. The quantitative estimate of drug-likeness (QED) is 0.784. The van der Waals surface area contributed by atoms with Crippen molar-refractivity contribution in [2.45, 2.75) is 31.8 Å². The van der Waals surface area contributed by atoms with Gasteiger partial charge in [-0.1, -0.05) is 6.92 Å². The van der Waals surface area contributed by atoms with Crippen molar-refractivity contribution < 1.29 is 27.4 Å². The summed E-state index contributed by atoms with van der Waals surface area (Å²) in [5.41, 5.74) is 0. The highest BCUT2D eigenvalue weighted by Gasteiger charge is 2.22. The van der Waals surface area contributed by atoms with Crippen LogP contribution in [0.25, 0.3) is 0 Å². The van der Waals surface area contributed by atoms with Crippen LogP contribution >= 0.6 is 0 Å². The summed E-state index contributed by atoms with van der Waals surface area (Å²) in [6.45, 7) is 5.86. The first-order valence-electron chi connectivity index (χ1n) is 7.39. The minimum atomic E-state index is -3.74. The minimum absolute atomic E-state index is 0.0394. The van der Waals surface area contributed by atoms with Gasteiger partial charge in [0.2, 0.25) is 10.0 Å². The van der Waals surface area contributed by atoms with Crippen LogP contribution in [0, 0.1) is 5.92 Å². The molecule has 7 nitrogen and oxygen atoms in total. The Morgan fingerprint density at radius 1 is 1.22 bits per heavy atom. The first-order chi connectivity index (χ1) is 10.8. The topological polar surface area (TPSA) is 90.9 Å². The van der Waals surface area contributed by atoms with Gasteiger partial charge in [-0.3, -0.25) is 4.79 Å². The van der Waals surface area contributed by atoms with Crippen molar-refractivity contribution in [1.29, 1.82) is 0 Å². The van der Waals surface area contributed by atoms with Crippen molar-refractivity contribution in [3.8, 4) is 11.5 Å². The van der Waals surface area contributed by atoms with E-state index in [0.717, 1.165) is 0 Å². The fourth-order valence-corrected chi connectivity index (χ4v) is 3.09. The molecule has 128 valence electrons. The molecule has 0 unspecified atom stereocenters. The molecule has 1 aliphatic heterocycles. The second kappa shape index (κ2) is 7.18. The normalized spacial score (nSPS) is 15.3. The summed E-state index contributed by atoms with van der Waals surface area (Å²) in [6, 6.07) is 4.40. The molecule has 1 atom stereocenters. The van der Waals surface area contributed by atoms with Gasteiger partial charge in [-0.2, -0.15) is 0 Å². The zero-order valence-electron chi connectivity index (χ0n) is 13.4. The first-order valence-corrected chi connectivity index (χ1v) is 8.87. The number of carbonyl (C=O) groups excluding carboxylic acids is 1. The zero-order valence-corrected chi connectivity index (χ0v) is 14.2. The molecular formula is C15H21NO6S. The van der Waals surface area contributed by atoms with E-state index >= 15 is 0 Å². The number of benzene rings is 1. The van der Waals surface area contributed by atoms with Crippen LogP contribution in [-0.4, -0.2) is 40.2 Å². The third-order valence-electron chi connectivity index (χ3n) is 3.16. The maximum atomic E-state index is 12.3. The van der Waals surface area contributed by atoms with Crippen LogP contribution in [0.3, 0.4) is 0 Å². The molecule has 0 amide bonds. The Balaban J connectivity index is 2.03. The van der Waals surface area contributed by atoms with E-state index in [9.17, 15) is 13.2 Å². The lowest BCUT2D eigenvalue weighted by molar-refractivity contribution is -0.151. The van der Waals surface area contributed by atoms with Gasteiger partial charge in [0, 0.05) is 12.6 Å². The Morgan fingerprint density at radius 3 is 2.52 bits per heavy atom. The van der Waals surface area contributed by atoms with Crippen LogP contribution < -0.4 is 14.2 Å². The number of ether oxygens (including phenoxy) is 3. The molecule has 0 bridgehead atoms. The van der Waals surface area contributed by atoms with Crippen LogP contribution in [0.1, 0.15) is 20.8 Å². The number of nitrogens with one attached hydrogen (secondary N) is 1. The van der Waals surface area contributed by atoms with Gasteiger partial charge in [-0.15, -0.1) is 0 Å². The monoisotopic (exact) mass is 343 g/mol. The number of hydrogen-bond acceptors (Lipinski definition) is 6. The Hall–Kier alpha value is -1.80. The van der Waals surface area contributed by atoms with E-state index in [1.54, 1.807) is 26.8 Å². The number of fused-ring (bicyclic) bond motifs is 1. The highest BCUT2D eigenvalue weighted by Crippen LogP contribution is 2.32. The second-order valence-corrected chi connectivity index (χ2v) is 7.31. The predicted octanol–water partition coefficient (Wildman–Crippen LogP) is 1.32. The minimum Gasteiger partial charge on any atom is -0.486 e. The average molecular weight is 343 g/mol. The molecule has 0 fully saturated rings. The Morgan fingerprint density at radius 2 is 1.87 bits per heavy atom. The van der Waals surface area contributed by atoms with Crippen LogP contribution in [0.4, 0.5) is 0 Å². The van der Waals surface area contributed by atoms with Gasteiger partial charge in [0.1, 0.15) is 13.2 Å². The maximum Gasteiger partial charge on any atom is 0.310 e. The lowest BCUT2D eigenvalue weighted by Gasteiger charge is -2.19. The van der Waals surface area contributed by atoms with Crippen LogP contribution in [0.5, 0.6) is 11.5 Å². The summed E-state index contributed by atoms with van der Waals surface area (Å²) in [5, 5.41) is 0. The van der Waals surface area contributed by atoms with E-state index in [1.165, 1.54) is 12.1 Å². The second-order valence-electron chi connectivity index (χ2n) is 5.54. The van der Waals surface area contributed by atoms with E-state index in [1.807, 2.05) is 0 Å². The highest BCUT2D eigenvalue weighted by molar-refractivity contribution is 7.89. The summed E-state index contributed by atoms with van der Waals surface area (Å²) in [4.78, 5) is 11.8. The largest absolute Gasteiger partial charge is 0.486 e. The third kappa shape index (κ3) is 4.59. The van der Waals surface area contributed by atoms with Crippen molar-refractivity contribution >= 4 is 16.0 Å². The molecule has 0 spiro atoms. The van der Waals surface area contributed by atoms with Crippen molar-refractivity contribution in [2.75, 3.05) is 19.8 Å². The molecule has 1 N–H and O–H groups in total. The standard InChI is InChI=1S/C15H21NO6S/c1-10(2)22-15(17)11(3)9-16-23(18,19)12-4-5-13-14(8-12)21-7-6-20-13/h4-5,8,10-11,16H,6-7,9H2,1-3H3/t11-/m0/s1. The maximum absolute atomic E-state index is 12.3. The molecule has 8 heteroatoms. The van der Waals surface area contributed by atoms with Gasteiger partial charge in [0.25, 0.3) is 0 Å². The molecular weight excluding hydrogens is 322 g/mol.